The Bertz CT molecular complexity index is 566. The number of hydrogen-bond donors (Lipinski definition) is 2. The molecule has 0 aromatic heterocycles. The fraction of sp³-hybridized carbons (Fsp3) is 0.333. The Morgan fingerprint density at radius 3 is 2.65 bits per heavy atom. The fourth-order valence-corrected chi connectivity index (χ4v) is 1.57. The van der Waals surface area contributed by atoms with Crippen molar-refractivity contribution in [1.82, 2.24) is 0 Å². The van der Waals surface area contributed by atoms with E-state index in [1.807, 2.05) is 0 Å². The van der Waals surface area contributed by atoms with Gasteiger partial charge in [0.05, 0.1) is 36.2 Å². The average Bonchev–Trinajstić information content (AvgIpc) is 2.45. The molecule has 0 radical (unpaired) electrons. The standard InChI is InChI=1S/C12H12N2O6/c1-20-12(17)8-4-7(5-9(6-8)14(18)19)11(16)10(15)2-3-13/h4-6,10-11,15-16H,2H2,1H3. The first kappa shape index (κ1) is 15.6. The minimum atomic E-state index is -1.52. The van der Waals surface area contributed by atoms with E-state index < -0.39 is 28.8 Å². The number of rotatable bonds is 5. The van der Waals surface area contributed by atoms with Gasteiger partial charge in [0.25, 0.3) is 5.69 Å². The van der Waals surface area contributed by atoms with Crippen molar-refractivity contribution in [2.45, 2.75) is 18.6 Å². The second-order valence-corrected chi connectivity index (χ2v) is 3.94. The highest BCUT2D eigenvalue weighted by molar-refractivity contribution is 5.90. The van der Waals surface area contributed by atoms with Crippen molar-refractivity contribution in [2.75, 3.05) is 7.11 Å². The van der Waals surface area contributed by atoms with Gasteiger partial charge < -0.3 is 14.9 Å². The van der Waals surface area contributed by atoms with Gasteiger partial charge in [0, 0.05) is 12.1 Å². The zero-order chi connectivity index (χ0) is 15.3. The summed E-state index contributed by atoms with van der Waals surface area (Å²) < 4.78 is 4.46. The Labute approximate surface area is 114 Å². The van der Waals surface area contributed by atoms with E-state index in [4.69, 9.17) is 5.26 Å². The van der Waals surface area contributed by atoms with Crippen LogP contribution in [0.1, 0.15) is 28.4 Å². The lowest BCUT2D eigenvalue weighted by Gasteiger charge is -2.16. The molecule has 2 unspecified atom stereocenters. The van der Waals surface area contributed by atoms with Crippen LogP contribution in [0, 0.1) is 21.4 Å². The van der Waals surface area contributed by atoms with Crippen LogP contribution in [0.3, 0.4) is 0 Å². The molecule has 0 aliphatic rings. The summed E-state index contributed by atoms with van der Waals surface area (Å²) in [4.78, 5) is 21.5. The van der Waals surface area contributed by atoms with Gasteiger partial charge in [0.1, 0.15) is 6.10 Å². The van der Waals surface area contributed by atoms with Crippen LogP contribution in [0.4, 0.5) is 5.69 Å². The molecule has 0 aliphatic heterocycles. The van der Waals surface area contributed by atoms with Crippen molar-refractivity contribution in [1.29, 1.82) is 5.26 Å². The van der Waals surface area contributed by atoms with Crippen molar-refractivity contribution in [3.05, 3.63) is 39.4 Å². The SMILES string of the molecule is COC(=O)c1cc(C(O)C(O)CC#N)cc([N+](=O)[O-])c1. The molecule has 0 heterocycles. The molecule has 1 aromatic rings. The summed E-state index contributed by atoms with van der Waals surface area (Å²) in [5, 5.41) is 38.6. The summed E-state index contributed by atoms with van der Waals surface area (Å²) >= 11 is 0. The normalized spacial score (nSPS) is 13.1. The molecule has 1 aromatic carbocycles. The number of esters is 1. The Kier molecular flexibility index (Phi) is 5.14. The van der Waals surface area contributed by atoms with Crippen molar-refractivity contribution in [2.24, 2.45) is 0 Å². The number of nitro groups is 1. The van der Waals surface area contributed by atoms with Crippen molar-refractivity contribution in [3.63, 3.8) is 0 Å². The van der Waals surface area contributed by atoms with E-state index in [1.165, 1.54) is 6.07 Å². The molecule has 0 bridgehead atoms. The summed E-state index contributed by atoms with van der Waals surface area (Å²) in [6.07, 6.45) is -3.28. The second-order valence-electron chi connectivity index (χ2n) is 3.94. The third kappa shape index (κ3) is 3.50. The number of nitrogens with zero attached hydrogens (tertiary/aromatic N) is 2. The largest absolute Gasteiger partial charge is 0.465 e. The molecule has 8 nitrogen and oxygen atoms in total. The van der Waals surface area contributed by atoms with E-state index >= 15 is 0 Å². The monoisotopic (exact) mass is 280 g/mol. The number of ether oxygens (including phenoxy) is 1. The maximum Gasteiger partial charge on any atom is 0.338 e. The highest BCUT2D eigenvalue weighted by Gasteiger charge is 2.23. The number of non-ortho nitro benzene ring substituents is 1. The Hall–Kier alpha value is -2.50. The van der Waals surface area contributed by atoms with Crippen LogP contribution in [0.2, 0.25) is 0 Å². The van der Waals surface area contributed by atoms with Crippen LogP contribution >= 0.6 is 0 Å². The minimum absolute atomic E-state index is 0.0395. The summed E-state index contributed by atoms with van der Waals surface area (Å²) in [5.74, 6) is -0.808. The molecule has 0 saturated heterocycles. The molecule has 0 amide bonds. The van der Waals surface area contributed by atoms with Crippen LogP contribution in [0.25, 0.3) is 0 Å². The lowest BCUT2D eigenvalue weighted by molar-refractivity contribution is -0.385. The minimum Gasteiger partial charge on any atom is -0.465 e. The topological polar surface area (TPSA) is 134 Å². The predicted octanol–water partition coefficient (Wildman–Crippen LogP) is 0.689. The molecule has 1 rings (SSSR count). The van der Waals surface area contributed by atoms with E-state index in [0.29, 0.717) is 0 Å². The predicted molar refractivity (Wildman–Crippen MR) is 65.6 cm³/mol. The molecule has 0 saturated carbocycles. The summed E-state index contributed by atoms with van der Waals surface area (Å²) in [7, 11) is 1.11. The lowest BCUT2D eigenvalue weighted by Crippen LogP contribution is -2.18. The number of aliphatic hydroxyl groups is 2. The van der Waals surface area contributed by atoms with Crippen LogP contribution < -0.4 is 0 Å². The number of hydrogen-bond acceptors (Lipinski definition) is 7. The summed E-state index contributed by atoms with van der Waals surface area (Å²) in [6.45, 7) is 0. The lowest BCUT2D eigenvalue weighted by atomic mass is 9.99. The molecule has 0 aliphatic carbocycles. The summed E-state index contributed by atoms with van der Waals surface area (Å²) in [5.41, 5.74) is -0.589. The average molecular weight is 280 g/mol. The van der Waals surface area contributed by atoms with Gasteiger partial charge >= 0.3 is 5.97 Å². The van der Waals surface area contributed by atoms with Crippen molar-refractivity contribution >= 4 is 11.7 Å². The first-order valence-electron chi connectivity index (χ1n) is 5.51. The van der Waals surface area contributed by atoms with Gasteiger partial charge in [-0.15, -0.1) is 0 Å². The molecular weight excluding hydrogens is 268 g/mol. The van der Waals surface area contributed by atoms with E-state index in [2.05, 4.69) is 4.74 Å². The van der Waals surface area contributed by atoms with Gasteiger partial charge in [-0.3, -0.25) is 10.1 Å². The van der Waals surface area contributed by atoms with E-state index in [9.17, 15) is 25.1 Å². The maximum atomic E-state index is 11.4. The van der Waals surface area contributed by atoms with Crippen LogP contribution in [0.15, 0.2) is 18.2 Å². The molecule has 20 heavy (non-hydrogen) atoms. The molecule has 106 valence electrons. The van der Waals surface area contributed by atoms with Crippen LogP contribution in [-0.4, -0.2) is 34.3 Å². The zero-order valence-electron chi connectivity index (χ0n) is 10.5. The van der Waals surface area contributed by atoms with Gasteiger partial charge in [0.2, 0.25) is 0 Å². The van der Waals surface area contributed by atoms with Gasteiger partial charge in [-0.05, 0) is 11.6 Å². The molecule has 2 atom stereocenters. The second kappa shape index (κ2) is 6.60. The molecule has 2 N–H and O–H groups in total. The van der Waals surface area contributed by atoms with Gasteiger partial charge in [-0.2, -0.15) is 5.26 Å². The van der Waals surface area contributed by atoms with Crippen LogP contribution in [0.5, 0.6) is 0 Å². The van der Waals surface area contributed by atoms with Gasteiger partial charge in [0.15, 0.2) is 0 Å². The van der Waals surface area contributed by atoms with E-state index in [-0.39, 0.29) is 17.5 Å². The number of nitro benzene ring substituents is 1. The van der Waals surface area contributed by atoms with Gasteiger partial charge in [-0.25, -0.2) is 4.79 Å². The number of carbonyl (C=O) groups is 1. The Balaban J connectivity index is 3.25. The molecule has 0 spiro atoms. The fourth-order valence-electron chi connectivity index (χ4n) is 1.57. The molecule has 0 fully saturated rings. The van der Waals surface area contributed by atoms with Crippen LogP contribution in [-0.2, 0) is 4.74 Å². The number of benzene rings is 1. The van der Waals surface area contributed by atoms with E-state index in [1.54, 1.807) is 6.07 Å². The quantitative estimate of drug-likeness (QED) is 0.460. The number of carbonyl (C=O) groups excluding carboxylic acids is 1. The highest BCUT2D eigenvalue weighted by Crippen LogP contribution is 2.25. The Morgan fingerprint density at radius 2 is 2.15 bits per heavy atom. The Morgan fingerprint density at radius 1 is 1.50 bits per heavy atom. The maximum absolute atomic E-state index is 11.4. The van der Waals surface area contributed by atoms with Crippen molar-refractivity contribution in [3.8, 4) is 6.07 Å². The van der Waals surface area contributed by atoms with Gasteiger partial charge in [-0.1, -0.05) is 0 Å². The number of methoxy groups -OCH3 is 1. The number of aliphatic hydroxyl groups excluding tert-OH is 2. The first-order valence-corrected chi connectivity index (χ1v) is 5.51. The summed E-state index contributed by atoms with van der Waals surface area (Å²) in [6, 6.07) is 4.86. The van der Waals surface area contributed by atoms with E-state index in [0.717, 1.165) is 19.2 Å². The highest BCUT2D eigenvalue weighted by atomic mass is 16.6. The van der Waals surface area contributed by atoms with Crippen molar-refractivity contribution < 1.29 is 24.7 Å². The first-order chi connectivity index (χ1) is 9.40. The zero-order valence-corrected chi connectivity index (χ0v) is 10.5. The third-order valence-electron chi connectivity index (χ3n) is 2.58. The molecule has 8 heteroatoms. The third-order valence-corrected chi connectivity index (χ3v) is 2.58. The molecular formula is C12H12N2O6. The smallest absolute Gasteiger partial charge is 0.338 e. The number of nitriles is 1.